The van der Waals surface area contributed by atoms with Crippen LogP contribution in [0.25, 0.3) is 0 Å². The van der Waals surface area contributed by atoms with Crippen molar-refractivity contribution < 1.29 is 0 Å². The van der Waals surface area contributed by atoms with Crippen LogP contribution in [0.3, 0.4) is 0 Å². The fourth-order valence-corrected chi connectivity index (χ4v) is 2.45. The molecule has 0 amide bonds. The van der Waals surface area contributed by atoms with E-state index in [1.807, 2.05) is 22.6 Å². The number of halogens is 1. The van der Waals surface area contributed by atoms with E-state index in [1.54, 1.807) is 0 Å². The molecule has 1 fully saturated rings. The first-order chi connectivity index (χ1) is 7.68. The third-order valence-electron chi connectivity index (χ3n) is 2.94. The molecule has 88 valence electrons. The summed E-state index contributed by atoms with van der Waals surface area (Å²) in [4.78, 5) is 18.1. The molecule has 2 atom stereocenters. The van der Waals surface area contributed by atoms with Crippen LogP contribution in [0.2, 0.25) is 0 Å². The molecule has 0 aromatic carbocycles. The van der Waals surface area contributed by atoms with Gasteiger partial charge in [0.15, 0.2) is 0 Å². The van der Waals surface area contributed by atoms with Crippen LogP contribution < -0.4 is 16.6 Å². The van der Waals surface area contributed by atoms with E-state index < -0.39 is 0 Å². The summed E-state index contributed by atoms with van der Waals surface area (Å²) in [5.41, 5.74) is 5.93. The number of hydrogen-bond donors (Lipinski definition) is 3. The number of rotatable bonds is 2. The van der Waals surface area contributed by atoms with Gasteiger partial charge in [0.25, 0.3) is 5.56 Å². The first-order valence-electron chi connectivity index (χ1n) is 5.44. The van der Waals surface area contributed by atoms with Crippen molar-refractivity contribution in [3.8, 4) is 0 Å². The lowest BCUT2D eigenvalue weighted by atomic mass is 9.91. The zero-order valence-corrected chi connectivity index (χ0v) is 11.0. The lowest BCUT2D eigenvalue weighted by molar-refractivity contribution is 0.403. The fourth-order valence-electron chi connectivity index (χ4n) is 2.00. The highest BCUT2D eigenvalue weighted by Gasteiger charge is 2.22. The molecular formula is C10H15IN4O. The molecule has 0 spiro atoms. The van der Waals surface area contributed by atoms with Crippen LogP contribution in [-0.4, -0.2) is 22.1 Å². The van der Waals surface area contributed by atoms with Crippen molar-refractivity contribution in [3.05, 3.63) is 20.3 Å². The summed E-state index contributed by atoms with van der Waals surface area (Å²) in [5.74, 6) is 0.645. The Bertz CT molecular complexity index is 420. The summed E-state index contributed by atoms with van der Waals surface area (Å²) in [7, 11) is 0. The van der Waals surface area contributed by atoms with Gasteiger partial charge in [-0.3, -0.25) is 4.79 Å². The molecule has 0 bridgehead atoms. The summed E-state index contributed by atoms with van der Waals surface area (Å²) in [6.07, 6.45) is 5.88. The number of aromatic nitrogens is 2. The number of nitrogens with one attached hydrogen (secondary N) is 2. The summed E-state index contributed by atoms with van der Waals surface area (Å²) < 4.78 is 0.595. The van der Waals surface area contributed by atoms with Gasteiger partial charge < -0.3 is 16.0 Å². The molecule has 2 unspecified atom stereocenters. The maximum atomic E-state index is 11.4. The van der Waals surface area contributed by atoms with Crippen LogP contribution in [0.4, 0.5) is 5.82 Å². The smallest absolute Gasteiger partial charge is 0.266 e. The number of nitrogens with two attached hydrogens (primary N) is 1. The second-order valence-electron chi connectivity index (χ2n) is 4.09. The van der Waals surface area contributed by atoms with E-state index >= 15 is 0 Å². The van der Waals surface area contributed by atoms with Crippen molar-refractivity contribution in [2.75, 3.05) is 5.32 Å². The Morgan fingerprint density at radius 3 is 3.00 bits per heavy atom. The number of nitrogens with zero attached hydrogens (tertiary/aromatic N) is 1. The average Bonchev–Trinajstić information content (AvgIpc) is 2.28. The standard InChI is InChI=1S/C10H15IN4O/c11-8-9(13-5-14-10(8)16)15-7-4-2-1-3-6(7)12/h5-7H,1-4,12H2,(H2,13,14,15,16). The molecule has 1 aliphatic rings. The van der Waals surface area contributed by atoms with Gasteiger partial charge in [0, 0.05) is 12.1 Å². The number of anilines is 1. The Morgan fingerprint density at radius 1 is 1.50 bits per heavy atom. The summed E-state index contributed by atoms with van der Waals surface area (Å²) in [6.45, 7) is 0. The Labute approximate surface area is 107 Å². The molecule has 5 nitrogen and oxygen atoms in total. The normalized spacial score (nSPS) is 25.4. The van der Waals surface area contributed by atoms with Crippen LogP contribution >= 0.6 is 22.6 Å². The van der Waals surface area contributed by atoms with Crippen molar-refractivity contribution in [1.29, 1.82) is 0 Å². The third-order valence-corrected chi connectivity index (χ3v) is 3.94. The van der Waals surface area contributed by atoms with Gasteiger partial charge in [-0.25, -0.2) is 4.98 Å². The molecule has 16 heavy (non-hydrogen) atoms. The molecule has 1 saturated carbocycles. The molecule has 6 heteroatoms. The monoisotopic (exact) mass is 334 g/mol. The predicted octanol–water partition coefficient (Wildman–Crippen LogP) is 1.06. The van der Waals surface area contributed by atoms with E-state index in [2.05, 4.69) is 15.3 Å². The molecule has 2 rings (SSSR count). The zero-order chi connectivity index (χ0) is 11.5. The molecule has 1 aliphatic carbocycles. The molecular weight excluding hydrogens is 319 g/mol. The largest absolute Gasteiger partial charge is 0.365 e. The minimum absolute atomic E-state index is 0.109. The maximum Gasteiger partial charge on any atom is 0.266 e. The van der Waals surface area contributed by atoms with Crippen LogP contribution in [0.5, 0.6) is 0 Å². The van der Waals surface area contributed by atoms with E-state index in [1.165, 1.54) is 19.2 Å². The van der Waals surface area contributed by atoms with Gasteiger partial charge in [0.2, 0.25) is 0 Å². The highest BCUT2D eigenvalue weighted by molar-refractivity contribution is 14.1. The molecule has 0 aliphatic heterocycles. The van der Waals surface area contributed by atoms with Gasteiger partial charge >= 0.3 is 0 Å². The van der Waals surface area contributed by atoms with Gasteiger partial charge in [-0.15, -0.1) is 0 Å². The van der Waals surface area contributed by atoms with E-state index in [0.29, 0.717) is 9.39 Å². The third kappa shape index (κ3) is 2.54. The number of H-pyrrole nitrogens is 1. The van der Waals surface area contributed by atoms with Crippen molar-refractivity contribution in [2.24, 2.45) is 5.73 Å². The van der Waals surface area contributed by atoms with Crippen LogP contribution in [0, 0.1) is 3.57 Å². The number of aromatic amines is 1. The summed E-state index contributed by atoms with van der Waals surface area (Å²) in [6, 6.07) is 0.391. The van der Waals surface area contributed by atoms with Gasteiger partial charge in [-0.2, -0.15) is 0 Å². The second kappa shape index (κ2) is 5.13. The molecule has 1 aromatic heterocycles. The Kier molecular flexibility index (Phi) is 3.80. The minimum atomic E-state index is -0.109. The first kappa shape index (κ1) is 11.8. The molecule has 1 heterocycles. The van der Waals surface area contributed by atoms with E-state index in [0.717, 1.165) is 12.8 Å². The molecule has 0 saturated heterocycles. The quantitative estimate of drug-likeness (QED) is 0.706. The van der Waals surface area contributed by atoms with Gasteiger partial charge in [-0.1, -0.05) is 12.8 Å². The van der Waals surface area contributed by atoms with Gasteiger partial charge in [0.1, 0.15) is 9.39 Å². The topological polar surface area (TPSA) is 83.8 Å². The van der Waals surface area contributed by atoms with E-state index in [4.69, 9.17) is 5.73 Å². The predicted molar refractivity (Wildman–Crippen MR) is 71.4 cm³/mol. The van der Waals surface area contributed by atoms with Crippen LogP contribution in [-0.2, 0) is 0 Å². The summed E-state index contributed by atoms with van der Waals surface area (Å²) >= 11 is 2.00. The Morgan fingerprint density at radius 2 is 2.25 bits per heavy atom. The second-order valence-corrected chi connectivity index (χ2v) is 5.17. The Hall–Kier alpha value is -0.630. The van der Waals surface area contributed by atoms with E-state index in [-0.39, 0.29) is 17.6 Å². The van der Waals surface area contributed by atoms with Crippen molar-refractivity contribution in [1.82, 2.24) is 9.97 Å². The maximum absolute atomic E-state index is 11.4. The lowest BCUT2D eigenvalue weighted by Gasteiger charge is -2.29. The zero-order valence-electron chi connectivity index (χ0n) is 8.87. The highest BCUT2D eigenvalue weighted by atomic mass is 127. The van der Waals surface area contributed by atoms with Crippen molar-refractivity contribution >= 4 is 28.4 Å². The van der Waals surface area contributed by atoms with Crippen LogP contribution in [0.15, 0.2) is 11.1 Å². The Balaban J connectivity index is 2.14. The van der Waals surface area contributed by atoms with Crippen molar-refractivity contribution in [2.45, 2.75) is 37.8 Å². The average molecular weight is 334 g/mol. The van der Waals surface area contributed by atoms with E-state index in [9.17, 15) is 4.79 Å². The molecule has 0 radical (unpaired) electrons. The minimum Gasteiger partial charge on any atom is -0.365 e. The van der Waals surface area contributed by atoms with Gasteiger partial charge in [-0.05, 0) is 35.4 Å². The molecule has 4 N–H and O–H groups in total. The van der Waals surface area contributed by atoms with Crippen molar-refractivity contribution in [3.63, 3.8) is 0 Å². The SMILES string of the molecule is NC1CCCCC1Nc1nc[nH]c(=O)c1I. The first-order valence-corrected chi connectivity index (χ1v) is 6.51. The lowest BCUT2D eigenvalue weighted by Crippen LogP contribution is -2.43. The fraction of sp³-hybridized carbons (Fsp3) is 0.600. The van der Waals surface area contributed by atoms with Gasteiger partial charge in [0.05, 0.1) is 6.33 Å². The highest BCUT2D eigenvalue weighted by Crippen LogP contribution is 2.21. The summed E-state index contributed by atoms with van der Waals surface area (Å²) in [5, 5.41) is 3.28. The van der Waals surface area contributed by atoms with Crippen LogP contribution in [0.1, 0.15) is 25.7 Å². The number of hydrogen-bond acceptors (Lipinski definition) is 4. The molecule has 1 aromatic rings.